The predicted molar refractivity (Wildman–Crippen MR) is 97.3 cm³/mol. The molecule has 3 rings (SSSR count). The van der Waals surface area contributed by atoms with Gasteiger partial charge >= 0.3 is 11.0 Å². The van der Waals surface area contributed by atoms with Gasteiger partial charge in [0.1, 0.15) is 5.76 Å². The van der Waals surface area contributed by atoms with Crippen LogP contribution in [0, 0.1) is 16.0 Å². The van der Waals surface area contributed by atoms with E-state index in [2.05, 4.69) is 4.90 Å². The molecule has 1 aliphatic rings. The summed E-state index contributed by atoms with van der Waals surface area (Å²) in [6.07, 6.45) is 6.16. The van der Waals surface area contributed by atoms with Crippen LogP contribution < -0.4 is 0 Å². The SMILES string of the molecule is O=C(O)c1ccc(CN(Cc2ccc([N+](=O)[O-])s2)CC2CCCCC2)o1. The van der Waals surface area contributed by atoms with Crippen molar-refractivity contribution in [3.8, 4) is 0 Å². The molecule has 1 aliphatic carbocycles. The minimum atomic E-state index is -1.08. The Hall–Kier alpha value is -2.19. The van der Waals surface area contributed by atoms with Gasteiger partial charge in [-0.15, -0.1) is 0 Å². The molecule has 0 saturated heterocycles. The molecule has 2 aromatic rings. The first-order valence-electron chi connectivity index (χ1n) is 8.78. The summed E-state index contributed by atoms with van der Waals surface area (Å²) in [4.78, 5) is 24.7. The van der Waals surface area contributed by atoms with E-state index in [1.807, 2.05) is 0 Å². The predicted octanol–water partition coefficient (Wildman–Crippen LogP) is 4.53. The highest BCUT2D eigenvalue weighted by molar-refractivity contribution is 7.15. The Labute approximate surface area is 155 Å². The van der Waals surface area contributed by atoms with E-state index in [0.717, 1.165) is 11.4 Å². The number of hydrogen-bond acceptors (Lipinski definition) is 6. The molecule has 0 atom stereocenters. The Morgan fingerprint density at radius 3 is 2.62 bits per heavy atom. The standard InChI is InChI=1S/C18H22N2O5S/c21-18(22)16-8-6-14(25-16)11-19(10-13-4-2-1-3-5-13)12-15-7-9-17(26-15)20(23)24/h6-9,13H,1-5,10-12H2,(H,21,22). The molecule has 140 valence electrons. The van der Waals surface area contributed by atoms with Gasteiger partial charge in [0, 0.05) is 24.0 Å². The van der Waals surface area contributed by atoms with Gasteiger partial charge in [-0.05, 0) is 37.0 Å². The third-order valence-electron chi connectivity index (χ3n) is 4.70. The number of carboxylic acids is 1. The number of carboxylic acid groups (broad SMARTS) is 1. The minimum Gasteiger partial charge on any atom is -0.475 e. The topological polar surface area (TPSA) is 96.8 Å². The summed E-state index contributed by atoms with van der Waals surface area (Å²) >= 11 is 1.19. The molecule has 26 heavy (non-hydrogen) atoms. The van der Waals surface area contributed by atoms with Gasteiger partial charge in [-0.2, -0.15) is 0 Å². The zero-order chi connectivity index (χ0) is 18.5. The van der Waals surface area contributed by atoms with Crippen molar-refractivity contribution in [2.45, 2.75) is 45.2 Å². The summed E-state index contributed by atoms with van der Waals surface area (Å²) in [5, 5.41) is 20.1. The quantitative estimate of drug-likeness (QED) is 0.535. The van der Waals surface area contributed by atoms with Crippen molar-refractivity contribution in [1.29, 1.82) is 0 Å². The second-order valence-electron chi connectivity index (χ2n) is 6.74. The highest BCUT2D eigenvalue weighted by atomic mass is 32.1. The summed E-state index contributed by atoms with van der Waals surface area (Å²) in [5.74, 6) is 0.0604. The molecule has 0 bridgehead atoms. The number of nitro groups is 1. The molecule has 1 N–H and O–H groups in total. The number of aromatic carboxylic acids is 1. The first kappa shape index (κ1) is 18.6. The van der Waals surface area contributed by atoms with Crippen molar-refractivity contribution in [1.82, 2.24) is 4.90 Å². The van der Waals surface area contributed by atoms with E-state index in [0.29, 0.717) is 24.8 Å². The maximum atomic E-state index is 11.0. The summed E-state index contributed by atoms with van der Waals surface area (Å²) in [7, 11) is 0. The highest BCUT2D eigenvalue weighted by Gasteiger charge is 2.21. The van der Waals surface area contributed by atoms with Crippen molar-refractivity contribution in [2.24, 2.45) is 5.92 Å². The molecule has 0 aliphatic heterocycles. The number of nitrogens with zero attached hydrogens (tertiary/aromatic N) is 2. The van der Waals surface area contributed by atoms with Gasteiger partial charge in [0.15, 0.2) is 0 Å². The van der Waals surface area contributed by atoms with Crippen LogP contribution in [0.4, 0.5) is 5.00 Å². The zero-order valence-corrected chi connectivity index (χ0v) is 15.2. The molecular formula is C18H22N2O5S. The fraction of sp³-hybridized carbons (Fsp3) is 0.500. The minimum absolute atomic E-state index is 0.0654. The van der Waals surface area contributed by atoms with Crippen LogP contribution in [0.2, 0.25) is 0 Å². The van der Waals surface area contributed by atoms with Crippen molar-refractivity contribution in [2.75, 3.05) is 6.54 Å². The average molecular weight is 378 g/mol. The third-order valence-corrected chi connectivity index (χ3v) is 5.72. The Bertz CT molecular complexity index is 709. The van der Waals surface area contributed by atoms with E-state index in [1.54, 1.807) is 12.1 Å². The third kappa shape index (κ3) is 4.92. The number of hydrogen-bond donors (Lipinski definition) is 1. The lowest BCUT2D eigenvalue weighted by atomic mass is 9.89. The van der Waals surface area contributed by atoms with E-state index in [-0.39, 0.29) is 15.7 Å². The van der Waals surface area contributed by atoms with Crippen molar-refractivity contribution in [3.05, 3.63) is 50.8 Å². The molecule has 1 saturated carbocycles. The summed E-state index contributed by atoms with van der Waals surface area (Å²) in [5.41, 5.74) is 0. The molecule has 7 nitrogen and oxygen atoms in total. The molecular weight excluding hydrogens is 356 g/mol. The second-order valence-corrected chi connectivity index (χ2v) is 7.89. The smallest absolute Gasteiger partial charge is 0.371 e. The van der Waals surface area contributed by atoms with Crippen LogP contribution >= 0.6 is 11.3 Å². The maximum absolute atomic E-state index is 11.0. The summed E-state index contributed by atoms with van der Waals surface area (Å²) < 4.78 is 5.40. The first-order valence-corrected chi connectivity index (χ1v) is 9.60. The van der Waals surface area contributed by atoms with Gasteiger partial charge < -0.3 is 9.52 Å². The van der Waals surface area contributed by atoms with Crippen molar-refractivity contribution < 1.29 is 19.2 Å². The number of furan rings is 1. The molecule has 1 fully saturated rings. The van der Waals surface area contributed by atoms with Crippen molar-refractivity contribution >= 4 is 22.3 Å². The van der Waals surface area contributed by atoms with Crippen LogP contribution in [-0.4, -0.2) is 27.4 Å². The molecule has 0 amide bonds. The van der Waals surface area contributed by atoms with Gasteiger partial charge in [0.25, 0.3) is 0 Å². The summed E-state index contributed by atoms with van der Waals surface area (Å²) in [6.45, 7) is 1.97. The normalized spacial score (nSPS) is 15.4. The van der Waals surface area contributed by atoms with E-state index in [1.165, 1.54) is 55.6 Å². The van der Waals surface area contributed by atoms with Gasteiger partial charge in [0.05, 0.1) is 11.5 Å². The van der Waals surface area contributed by atoms with Crippen molar-refractivity contribution in [3.63, 3.8) is 0 Å². The molecule has 8 heteroatoms. The number of carbonyl (C=O) groups is 1. The van der Waals surface area contributed by atoms with Crippen LogP contribution in [0.25, 0.3) is 0 Å². The van der Waals surface area contributed by atoms with Crippen LogP contribution in [0.3, 0.4) is 0 Å². The number of thiophene rings is 1. The average Bonchev–Trinajstić information content (AvgIpc) is 3.25. The van der Waals surface area contributed by atoms with Crippen LogP contribution in [0.15, 0.2) is 28.7 Å². The van der Waals surface area contributed by atoms with Gasteiger partial charge in [-0.1, -0.05) is 30.6 Å². The Kier molecular flexibility index (Phi) is 6.05. The Morgan fingerprint density at radius 2 is 2.00 bits per heavy atom. The lowest BCUT2D eigenvalue weighted by molar-refractivity contribution is -0.380. The monoisotopic (exact) mass is 378 g/mol. The van der Waals surface area contributed by atoms with Gasteiger partial charge in [-0.25, -0.2) is 4.79 Å². The first-order chi connectivity index (χ1) is 12.5. The maximum Gasteiger partial charge on any atom is 0.371 e. The van der Waals surface area contributed by atoms with Crippen LogP contribution in [-0.2, 0) is 13.1 Å². The van der Waals surface area contributed by atoms with Crippen LogP contribution in [0.5, 0.6) is 0 Å². The molecule has 2 aromatic heterocycles. The molecule has 0 aromatic carbocycles. The fourth-order valence-corrected chi connectivity index (χ4v) is 4.35. The van der Waals surface area contributed by atoms with Gasteiger partial charge in [-0.3, -0.25) is 15.0 Å². The second kappa shape index (κ2) is 8.46. The number of rotatable bonds is 8. The van der Waals surface area contributed by atoms with E-state index >= 15 is 0 Å². The zero-order valence-electron chi connectivity index (χ0n) is 14.4. The lowest BCUT2D eigenvalue weighted by Crippen LogP contribution is -2.29. The van der Waals surface area contributed by atoms with Gasteiger partial charge in [0.2, 0.25) is 5.76 Å². The van der Waals surface area contributed by atoms with E-state index < -0.39 is 5.97 Å². The summed E-state index contributed by atoms with van der Waals surface area (Å²) in [6, 6.07) is 6.48. The van der Waals surface area contributed by atoms with E-state index in [9.17, 15) is 14.9 Å². The van der Waals surface area contributed by atoms with Crippen LogP contribution in [0.1, 0.15) is 53.3 Å². The lowest BCUT2D eigenvalue weighted by Gasteiger charge is -2.28. The fourth-order valence-electron chi connectivity index (χ4n) is 3.49. The molecule has 2 heterocycles. The molecule has 0 spiro atoms. The Balaban J connectivity index is 1.70. The Morgan fingerprint density at radius 1 is 1.23 bits per heavy atom. The largest absolute Gasteiger partial charge is 0.475 e. The highest BCUT2D eigenvalue weighted by Crippen LogP contribution is 2.29. The van der Waals surface area contributed by atoms with E-state index in [4.69, 9.17) is 9.52 Å². The molecule has 0 radical (unpaired) electrons. The molecule has 0 unspecified atom stereocenters.